The second-order valence-corrected chi connectivity index (χ2v) is 6.09. The van der Waals surface area contributed by atoms with Crippen molar-refractivity contribution >= 4 is 0 Å². The average Bonchev–Trinajstić information content (AvgIpc) is 2.47. The second-order valence-electron chi connectivity index (χ2n) is 6.09. The highest BCUT2D eigenvalue weighted by molar-refractivity contribution is 5.27. The van der Waals surface area contributed by atoms with Gasteiger partial charge < -0.3 is 9.64 Å². The van der Waals surface area contributed by atoms with Crippen molar-refractivity contribution in [2.45, 2.75) is 44.4 Å². The molecule has 7 heteroatoms. The second kappa shape index (κ2) is 5.77. The number of hydrogen-bond acceptors (Lipinski definition) is 4. The van der Waals surface area contributed by atoms with E-state index in [4.69, 9.17) is 4.74 Å². The monoisotopic (exact) mass is 315 g/mol. The molecular formula is C15H20F3N3O. The molecule has 0 bridgehead atoms. The zero-order valence-corrected chi connectivity index (χ0v) is 12.6. The van der Waals surface area contributed by atoms with E-state index in [1.165, 1.54) is 0 Å². The molecule has 0 aliphatic carbocycles. The van der Waals surface area contributed by atoms with E-state index in [1.807, 2.05) is 18.0 Å². The van der Waals surface area contributed by atoms with E-state index in [0.29, 0.717) is 38.4 Å². The number of fused-ring (bicyclic) bond motifs is 2. The SMILES string of the molecule is Cc1ncc2c(n1)C1(CCN(CCC(F)(F)F)CC1)OCC2. The Hall–Kier alpha value is -1.21. The minimum atomic E-state index is -4.09. The summed E-state index contributed by atoms with van der Waals surface area (Å²) < 4.78 is 43.0. The number of aromatic nitrogens is 2. The lowest BCUT2D eigenvalue weighted by Gasteiger charge is -2.44. The lowest BCUT2D eigenvalue weighted by molar-refractivity contribution is -0.143. The third kappa shape index (κ3) is 3.25. The summed E-state index contributed by atoms with van der Waals surface area (Å²) in [5.41, 5.74) is 1.62. The van der Waals surface area contributed by atoms with Gasteiger partial charge in [-0.15, -0.1) is 0 Å². The molecule has 1 fully saturated rings. The molecule has 0 N–H and O–H groups in total. The van der Waals surface area contributed by atoms with E-state index in [-0.39, 0.29) is 6.54 Å². The average molecular weight is 315 g/mol. The third-order valence-electron chi connectivity index (χ3n) is 4.54. The largest absolute Gasteiger partial charge is 0.390 e. The van der Waals surface area contributed by atoms with Crippen LogP contribution in [0.3, 0.4) is 0 Å². The third-order valence-corrected chi connectivity index (χ3v) is 4.54. The van der Waals surface area contributed by atoms with Gasteiger partial charge in [-0.05, 0) is 31.7 Å². The summed E-state index contributed by atoms with van der Waals surface area (Å²) in [5.74, 6) is 0.711. The summed E-state index contributed by atoms with van der Waals surface area (Å²) in [4.78, 5) is 10.7. The first-order chi connectivity index (χ1) is 10.4. The van der Waals surface area contributed by atoms with Gasteiger partial charge in [0.2, 0.25) is 0 Å². The molecule has 122 valence electrons. The van der Waals surface area contributed by atoms with E-state index in [2.05, 4.69) is 9.97 Å². The predicted octanol–water partition coefficient (Wildman–Crippen LogP) is 2.60. The molecule has 2 aliphatic heterocycles. The Bertz CT molecular complexity index is 539. The Morgan fingerprint density at radius 3 is 2.73 bits per heavy atom. The van der Waals surface area contributed by atoms with Crippen molar-refractivity contribution in [1.82, 2.24) is 14.9 Å². The number of likely N-dealkylation sites (tertiary alicyclic amines) is 1. The highest BCUT2D eigenvalue weighted by Gasteiger charge is 2.42. The number of nitrogens with zero attached hydrogens (tertiary/aromatic N) is 3. The Labute approximate surface area is 127 Å². The molecule has 1 saturated heterocycles. The van der Waals surface area contributed by atoms with Crippen LogP contribution in [0, 0.1) is 6.92 Å². The molecule has 1 aromatic heterocycles. The van der Waals surface area contributed by atoms with Gasteiger partial charge in [-0.2, -0.15) is 13.2 Å². The van der Waals surface area contributed by atoms with Crippen LogP contribution in [0.4, 0.5) is 13.2 Å². The molecule has 0 radical (unpaired) electrons. The summed E-state index contributed by atoms with van der Waals surface area (Å²) >= 11 is 0. The first kappa shape index (κ1) is 15.7. The molecular weight excluding hydrogens is 295 g/mol. The lowest BCUT2D eigenvalue weighted by Crippen LogP contribution is -2.47. The number of halogens is 3. The van der Waals surface area contributed by atoms with Gasteiger partial charge in [0.1, 0.15) is 11.4 Å². The Kier molecular flexibility index (Phi) is 4.11. The predicted molar refractivity (Wildman–Crippen MR) is 74.4 cm³/mol. The standard InChI is InChI=1S/C15H20F3N3O/c1-11-19-10-12-2-9-22-14(13(12)20-11)3-6-21(7-4-14)8-5-15(16,17)18/h10H,2-9H2,1H3. The molecule has 22 heavy (non-hydrogen) atoms. The lowest BCUT2D eigenvalue weighted by atomic mass is 9.83. The zero-order valence-electron chi connectivity index (χ0n) is 12.6. The van der Waals surface area contributed by atoms with Crippen molar-refractivity contribution in [3.8, 4) is 0 Å². The van der Waals surface area contributed by atoms with Crippen LogP contribution in [0.1, 0.15) is 36.3 Å². The van der Waals surface area contributed by atoms with E-state index in [9.17, 15) is 13.2 Å². The maximum Gasteiger partial charge on any atom is 0.390 e. The van der Waals surface area contributed by atoms with Crippen molar-refractivity contribution in [3.05, 3.63) is 23.3 Å². The van der Waals surface area contributed by atoms with Crippen molar-refractivity contribution in [2.75, 3.05) is 26.2 Å². The molecule has 2 aliphatic rings. The van der Waals surface area contributed by atoms with Gasteiger partial charge in [-0.1, -0.05) is 0 Å². The van der Waals surface area contributed by atoms with Gasteiger partial charge in [0.15, 0.2) is 0 Å². The van der Waals surface area contributed by atoms with Gasteiger partial charge in [0, 0.05) is 25.8 Å². The van der Waals surface area contributed by atoms with Crippen LogP contribution in [-0.2, 0) is 16.8 Å². The summed E-state index contributed by atoms with van der Waals surface area (Å²) in [6.07, 6.45) is -0.804. The van der Waals surface area contributed by atoms with E-state index in [0.717, 1.165) is 17.7 Å². The van der Waals surface area contributed by atoms with Crippen molar-refractivity contribution in [2.24, 2.45) is 0 Å². The number of ether oxygens (including phenoxy) is 1. The molecule has 0 aromatic carbocycles. The van der Waals surface area contributed by atoms with Crippen molar-refractivity contribution in [1.29, 1.82) is 0 Å². The van der Waals surface area contributed by atoms with E-state index in [1.54, 1.807) is 0 Å². The minimum absolute atomic E-state index is 0.0647. The summed E-state index contributed by atoms with van der Waals surface area (Å²) in [6, 6.07) is 0. The van der Waals surface area contributed by atoms with Crippen LogP contribution in [0.2, 0.25) is 0 Å². The molecule has 0 amide bonds. The number of rotatable bonds is 2. The highest BCUT2D eigenvalue weighted by atomic mass is 19.4. The van der Waals surface area contributed by atoms with Crippen molar-refractivity contribution in [3.63, 3.8) is 0 Å². The fourth-order valence-electron chi connectivity index (χ4n) is 3.30. The van der Waals surface area contributed by atoms with Gasteiger partial charge in [0.05, 0.1) is 18.7 Å². The quantitative estimate of drug-likeness (QED) is 0.841. The molecule has 3 rings (SSSR count). The van der Waals surface area contributed by atoms with Crippen LogP contribution < -0.4 is 0 Å². The molecule has 0 unspecified atom stereocenters. The first-order valence-corrected chi connectivity index (χ1v) is 7.64. The maximum atomic E-state index is 12.3. The fourth-order valence-corrected chi connectivity index (χ4v) is 3.30. The Balaban J connectivity index is 1.70. The Morgan fingerprint density at radius 1 is 1.32 bits per heavy atom. The summed E-state index contributed by atoms with van der Waals surface area (Å²) in [6.45, 7) is 3.76. The van der Waals surface area contributed by atoms with Crippen LogP contribution in [0.25, 0.3) is 0 Å². The first-order valence-electron chi connectivity index (χ1n) is 7.64. The summed E-state index contributed by atoms with van der Waals surface area (Å²) in [7, 11) is 0. The summed E-state index contributed by atoms with van der Waals surface area (Å²) in [5, 5.41) is 0. The minimum Gasteiger partial charge on any atom is -0.368 e. The van der Waals surface area contributed by atoms with E-state index >= 15 is 0 Å². The normalized spacial score (nSPS) is 21.8. The molecule has 1 spiro atoms. The zero-order chi connectivity index (χ0) is 15.8. The van der Waals surface area contributed by atoms with Gasteiger partial charge in [-0.25, -0.2) is 9.97 Å². The molecule has 1 aromatic rings. The van der Waals surface area contributed by atoms with Crippen molar-refractivity contribution < 1.29 is 17.9 Å². The highest BCUT2D eigenvalue weighted by Crippen LogP contribution is 2.40. The number of aryl methyl sites for hydroxylation is 1. The van der Waals surface area contributed by atoms with E-state index < -0.39 is 18.2 Å². The maximum absolute atomic E-state index is 12.3. The Morgan fingerprint density at radius 2 is 2.05 bits per heavy atom. The van der Waals surface area contributed by atoms with Crippen LogP contribution in [0.15, 0.2) is 6.20 Å². The fraction of sp³-hybridized carbons (Fsp3) is 0.733. The van der Waals surface area contributed by atoms with Gasteiger partial charge in [0.25, 0.3) is 0 Å². The van der Waals surface area contributed by atoms with Crippen LogP contribution >= 0.6 is 0 Å². The number of piperidine rings is 1. The number of hydrogen-bond donors (Lipinski definition) is 0. The molecule has 3 heterocycles. The van der Waals surface area contributed by atoms with Crippen LogP contribution in [-0.4, -0.2) is 47.3 Å². The molecule has 0 saturated carbocycles. The topological polar surface area (TPSA) is 38.2 Å². The molecule has 0 atom stereocenters. The van der Waals surface area contributed by atoms with Crippen LogP contribution in [0.5, 0.6) is 0 Å². The molecule has 4 nitrogen and oxygen atoms in total. The van der Waals surface area contributed by atoms with Gasteiger partial charge in [-0.3, -0.25) is 0 Å². The van der Waals surface area contributed by atoms with Gasteiger partial charge >= 0.3 is 6.18 Å². The number of alkyl halides is 3. The smallest absolute Gasteiger partial charge is 0.368 e.